The Bertz CT molecular complexity index is 432. The molecule has 0 amide bonds. The van der Waals surface area contributed by atoms with Crippen LogP contribution in [-0.2, 0) is 4.74 Å². The number of hydrogen-bond acceptors (Lipinski definition) is 6. The molecule has 0 fully saturated rings. The second-order valence-electron chi connectivity index (χ2n) is 4.80. The summed E-state index contributed by atoms with van der Waals surface area (Å²) in [7, 11) is 5.50. The molecule has 1 aromatic rings. The van der Waals surface area contributed by atoms with E-state index in [-0.39, 0.29) is 5.97 Å². The molecule has 108 valence electrons. The lowest BCUT2D eigenvalue weighted by Crippen LogP contribution is -2.40. The quantitative estimate of drug-likeness (QED) is 0.748. The van der Waals surface area contributed by atoms with Crippen molar-refractivity contribution in [3.05, 3.63) is 10.6 Å². The van der Waals surface area contributed by atoms with Gasteiger partial charge in [-0.1, -0.05) is 11.3 Å². The monoisotopic (exact) mass is 285 g/mol. The van der Waals surface area contributed by atoms with Gasteiger partial charge in [0.25, 0.3) is 0 Å². The van der Waals surface area contributed by atoms with Gasteiger partial charge in [0.1, 0.15) is 4.88 Å². The Morgan fingerprint density at radius 1 is 1.47 bits per heavy atom. The fraction of sp³-hybridized carbons (Fsp3) is 0.692. The molecular weight excluding hydrogens is 262 g/mol. The maximum atomic E-state index is 11.6. The predicted molar refractivity (Wildman–Crippen MR) is 79.2 cm³/mol. The van der Waals surface area contributed by atoms with Crippen LogP contribution in [0.15, 0.2) is 0 Å². The molecule has 0 aliphatic heterocycles. The number of rotatable bonds is 6. The van der Waals surface area contributed by atoms with Crippen molar-refractivity contribution >= 4 is 22.4 Å². The highest BCUT2D eigenvalue weighted by molar-refractivity contribution is 7.17. The maximum Gasteiger partial charge on any atom is 0.350 e. The molecule has 19 heavy (non-hydrogen) atoms. The van der Waals surface area contributed by atoms with E-state index in [1.165, 1.54) is 18.4 Å². The number of anilines is 1. The molecule has 0 saturated heterocycles. The van der Waals surface area contributed by atoms with Crippen LogP contribution in [0.3, 0.4) is 0 Å². The van der Waals surface area contributed by atoms with Gasteiger partial charge >= 0.3 is 5.97 Å². The number of aromatic nitrogens is 1. The van der Waals surface area contributed by atoms with Gasteiger partial charge < -0.3 is 14.5 Å². The van der Waals surface area contributed by atoms with Crippen LogP contribution >= 0.6 is 11.3 Å². The number of ether oxygens (including phenoxy) is 1. The Hall–Kier alpha value is -1.14. The zero-order valence-electron chi connectivity index (χ0n) is 12.6. The lowest BCUT2D eigenvalue weighted by Gasteiger charge is -2.29. The number of aryl methyl sites for hydroxylation is 1. The molecule has 0 aromatic carbocycles. The third kappa shape index (κ3) is 3.91. The minimum absolute atomic E-state index is 0.308. The van der Waals surface area contributed by atoms with Crippen molar-refractivity contribution in [3.8, 4) is 0 Å². The van der Waals surface area contributed by atoms with Crippen LogP contribution in [0.1, 0.15) is 29.2 Å². The van der Waals surface area contributed by atoms with Crippen LogP contribution in [0.2, 0.25) is 0 Å². The number of methoxy groups -OCH3 is 1. The SMILES string of the molecule is CCN(c1nc(C)c(C(=O)OC)s1)C(C)CN(C)C. The summed E-state index contributed by atoms with van der Waals surface area (Å²) in [5.74, 6) is -0.308. The van der Waals surface area contributed by atoms with Crippen LogP contribution in [0.25, 0.3) is 0 Å². The Morgan fingerprint density at radius 3 is 2.58 bits per heavy atom. The number of esters is 1. The molecule has 0 N–H and O–H groups in total. The maximum absolute atomic E-state index is 11.6. The minimum Gasteiger partial charge on any atom is -0.465 e. The third-order valence-corrected chi connectivity index (χ3v) is 4.08. The fourth-order valence-electron chi connectivity index (χ4n) is 2.05. The number of thiazole rings is 1. The summed E-state index contributed by atoms with van der Waals surface area (Å²) in [6.45, 7) is 7.91. The van der Waals surface area contributed by atoms with Gasteiger partial charge in [-0.3, -0.25) is 0 Å². The first-order chi connectivity index (χ1) is 8.90. The van der Waals surface area contributed by atoms with Crippen molar-refractivity contribution in [2.24, 2.45) is 0 Å². The van der Waals surface area contributed by atoms with Crippen LogP contribution in [-0.4, -0.2) is 56.2 Å². The van der Waals surface area contributed by atoms with Crippen LogP contribution in [0.5, 0.6) is 0 Å². The summed E-state index contributed by atoms with van der Waals surface area (Å²) in [5, 5.41) is 0.884. The Kier molecular flexibility index (Phi) is 5.75. The molecule has 0 aliphatic rings. The first-order valence-corrected chi connectivity index (χ1v) is 7.19. The predicted octanol–water partition coefficient (Wildman–Crippen LogP) is 2.01. The average molecular weight is 285 g/mol. The van der Waals surface area contributed by atoms with Crippen molar-refractivity contribution in [1.29, 1.82) is 0 Å². The average Bonchev–Trinajstić information content (AvgIpc) is 2.70. The Morgan fingerprint density at radius 2 is 2.11 bits per heavy atom. The van der Waals surface area contributed by atoms with Gasteiger partial charge in [-0.15, -0.1) is 0 Å². The number of carbonyl (C=O) groups is 1. The molecule has 0 radical (unpaired) electrons. The van der Waals surface area contributed by atoms with Crippen LogP contribution in [0.4, 0.5) is 5.13 Å². The molecule has 1 aromatic heterocycles. The van der Waals surface area contributed by atoms with Gasteiger partial charge in [0.05, 0.1) is 12.8 Å². The first kappa shape index (κ1) is 15.9. The molecule has 5 nitrogen and oxygen atoms in total. The zero-order chi connectivity index (χ0) is 14.6. The van der Waals surface area contributed by atoms with Gasteiger partial charge in [0, 0.05) is 19.1 Å². The van der Waals surface area contributed by atoms with Crippen LogP contribution < -0.4 is 4.90 Å². The fourth-order valence-corrected chi connectivity index (χ4v) is 3.20. The van der Waals surface area contributed by atoms with Crippen molar-refractivity contribution < 1.29 is 9.53 Å². The second-order valence-corrected chi connectivity index (χ2v) is 5.78. The van der Waals surface area contributed by atoms with Crippen molar-refractivity contribution in [3.63, 3.8) is 0 Å². The highest BCUT2D eigenvalue weighted by Crippen LogP contribution is 2.28. The van der Waals surface area contributed by atoms with Crippen LogP contribution in [0, 0.1) is 6.92 Å². The standard InChI is InChI=1S/C13H23N3O2S/c1-7-16(9(2)8-15(4)5)13-14-10(3)11(19-13)12(17)18-6/h9H,7-8H2,1-6H3. The molecule has 0 aliphatic carbocycles. The molecule has 1 rings (SSSR count). The Balaban J connectivity index is 2.96. The molecule has 0 spiro atoms. The van der Waals surface area contributed by atoms with E-state index in [2.05, 4.69) is 42.7 Å². The molecule has 1 atom stereocenters. The van der Waals surface area contributed by atoms with Crippen molar-refractivity contribution in [1.82, 2.24) is 9.88 Å². The lowest BCUT2D eigenvalue weighted by molar-refractivity contribution is 0.0605. The van der Waals surface area contributed by atoms with E-state index in [1.54, 1.807) is 0 Å². The topological polar surface area (TPSA) is 45.7 Å². The molecule has 6 heteroatoms. The van der Waals surface area contributed by atoms with Crippen molar-refractivity contribution in [2.45, 2.75) is 26.8 Å². The molecule has 0 bridgehead atoms. The molecule has 0 saturated carbocycles. The smallest absolute Gasteiger partial charge is 0.350 e. The summed E-state index contributed by atoms with van der Waals surface area (Å²) >= 11 is 1.40. The van der Waals surface area contributed by atoms with E-state index in [0.717, 1.165) is 23.9 Å². The van der Waals surface area contributed by atoms with E-state index in [1.807, 2.05) is 6.92 Å². The lowest BCUT2D eigenvalue weighted by atomic mass is 10.3. The van der Waals surface area contributed by atoms with E-state index in [9.17, 15) is 4.79 Å². The largest absolute Gasteiger partial charge is 0.465 e. The highest BCUT2D eigenvalue weighted by atomic mass is 32.1. The van der Waals surface area contributed by atoms with Crippen molar-refractivity contribution in [2.75, 3.05) is 39.2 Å². The van der Waals surface area contributed by atoms with E-state index >= 15 is 0 Å². The summed E-state index contributed by atoms with van der Waals surface area (Å²) in [6, 6.07) is 0.344. The molecule has 1 heterocycles. The number of likely N-dealkylation sites (N-methyl/N-ethyl adjacent to an activating group) is 2. The summed E-state index contributed by atoms with van der Waals surface area (Å²) in [5.41, 5.74) is 0.738. The number of carbonyl (C=O) groups excluding carboxylic acids is 1. The summed E-state index contributed by atoms with van der Waals surface area (Å²) in [6.07, 6.45) is 0. The first-order valence-electron chi connectivity index (χ1n) is 6.37. The zero-order valence-corrected chi connectivity index (χ0v) is 13.4. The van der Waals surface area contributed by atoms with Gasteiger partial charge in [0.2, 0.25) is 0 Å². The number of nitrogens with zero attached hydrogens (tertiary/aromatic N) is 3. The summed E-state index contributed by atoms with van der Waals surface area (Å²) < 4.78 is 4.77. The van der Waals surface area contributed by atoms with E-state index in [4.69, 9.17) is 4.74 Å². The summed E-state index contributed by atoms with van der Waals surface area (Å²) in [4.78, 5) is 21.1. The number of hydrogen-bond donors (Lipinski definition) is 0. The van der Waals surface area contributed by atoms with Gasteiger partial charge in [-0.2, -0.15) is 0 Å². The molecule has 1 unspecified atom stereocenters. The van der Waals surface area contributed by atoms with Gasteiger partial charge in [-0.05, 0) is 34.9 Å². The van der Waals surface area contributed by atoms with Gasteiger partial charge in [-0.25, -0.2) is 9.78 Å². The third-order valence-electron chi connectivity index (χ3n) is 2.90. The normalized spacial score (nSPS) is 12.6. The van der Waals surface area contributed by atoms with Gasteiger partial charge in [0.15, 0.2) is 5.13 Å². The molecular formula is C13H23N3O2S. The minimum atomic E-state index is -0.308. The highest BCUT2D eigenvalue weighted by Gasteiger charge is 2.21. The van der Waals surface area contributed by atoms with E-state index < -0.39 is 0 Å². The Labute approximate surface area is 119 Å². The van der Waals surface area contributed by atoms with E-state index in [0.29, 0.717) is 10.9 Å². The second kappa shape index (κ2) is 6.86.